The van der Waals surface area contributed by atoms with E-state index in [9.17, 15) is 14.4 Å². The molecular weight excluding hydrogens is 402 g/mol. The lowest BCUT2D eigenvalue weighted by molar-refractivity contribution is -0.119. The van der Waals surface area contributed by atoms with E-state index in [0.717, 1.165) is 12.8 Å². The molecule has 0 aliphatic carbocycles. The van der Waals surface area contributed by atoms with Crippen molar-refractivity contribution < 1.29 is 14.4 Å². The summed E-state index contributed by atoms with van der Waals surface area (Å²) in [7, 11) is 0. The van der Waals surface area contributed by atoms with Crippen LogP contribution in [-0.4, -0.2) is 30.3 Å². The van der Waals surface area contributed by atoms with Crippen LogP contribution < -0.4 is 15.5 Å². The molecule has 2 N–H and O–H groups in total. The lowest BCUT2D eigenvalue weighted by atomic mass is 9.97. The number of hydrogen-bond acceptors (Lipinski definition) is 3. The molecule has 1 aliphatic rings. The van der Waals surface area contributed by atoms with Crippen molar-refractivity contribution in [2.45, 2.75) is 39.2 Å². The van der Waals surface area contributed by atoms with Crippen molar-refractivity contribution >= 4 is 40.7 Å². The maximum Gasteiger partial charge on any atom is 0.251 e. The SMILES string of the molecule is CC[C@@H](C)[C@H](NC(=O)c1ccccc1)C(=O)Nc1ccc(N2CCCC2=O)c(Cl)c1. The number of carbonyl (C=O) groups excluding carboxylic acids is 3. The number of hydrogen-bond donors (Lipinski definition) is 2. The normalized spacial score (nSPS) is 15.6. The van der Waals surface area contributed by atoms with Gasteiger partial charge in [0.2, 0.25) is 11.8 Å². The molecule has 0 radical (unpaired) electrons. The van der Waals surface area contributed by atoms with Gasteiger partial charge in [-0.15, -0.1) is 0 Å². The Labute approximate surface area is 181 Å². The highest BCUT2D eigenvalue weighted by atomic mass is 35.5. The molecule has 0 bridgehead atoms. The zero-order valence-corrected chi connectivity index (χ0v) is 17.9. The summed E-state index contributed by atoms with van der Waals surface area (Å²) in [5, 5.41) is 6.09. The molecule has 6 nitrogen and oxygen atoms in total. The molecule has 2 atom stereocenters. The molecule has 0 unspecified atom stereocenters. The van der Waals surface area contributed by atoms with Gasteiger partial charge >= 0.3 is 0 Å². The second-order valence-corrected chi connectivity index (χ2v) is 7.91. The van der Waals surface area contributed by atoms with Crippen LogP contribution in [0.25, 0.3) is 0 Å². The van der Waals surface area contributed by atoms with Crippen molar-refractivity contribution in [3.63, 3.8) is 0 Å². The Balaban J connectivity index is 1.73. The smallest absolute Gasteiger partial charge is 0.251 e. The van der Waals surface area contributed by atoms with Crippen LogP contribution in [-0.2, 0) is 9.59 Å². The Morgan fingerprint density at radius 3 is 2.50 bits per heavy atom. The maximum absolute atomic E-state index is 13.0. The van der Waals surface area contributed by atoms with Crippen LogP contribution in [0.5, 0.6) is 0 Å². The summed E-state index contributed by atoms with van der Waals surface area (Å²) in [6.45, 7) is 4.54. The molecule has 0 aromatic heterocycles. The molecule has 2 aromatic rings. The number of rotatable bonds is 7. The summed E-state index contributed by atoms with van der Waals surface area (Å²) in [4.78, 5) is 39.1. The molecular formula is C23H26ClN3O3. The maximum atomic E-state index is 13.0. The van der Waals surface area contributed by atoms with Gasteiger partial charge in [-0.25, -0.2) is 0 Å². The number of nitrogens with zero attached hydrogens (tertiary/aromatic N) is 1. The van der Waals surface area contributed by atoms with Gasteiger partial charge in [-0.1, -0.05) is 50.1 Å². The summed E-state index contributed by atoms with van der Waals surface area (Å²) in [6, 6.07) is 13.2. The predicted molar refractivity (Wildman–Crippen MR) is 119 cm³/mol. The summed E-state index contributed by atoms with van der Waals surface area (Å²) >= 11 is 6.38. The highest BCUT2D eigenvalue weighted by molar-refractivity contribution is 6.34. The molecule has 7 heteroatoms. The van der Waals surface area contributed by atoms with Crippen LogP contribution in [0.4, 0.5) is 11.4 Å². The third kappa shape index (κ3) is 5.00. The van der Waals surface area contributed by atoms with Gasteiger partial charge in [-0.2, -0.15) is 0 Å². The third-order valence-corrected chi connectivity index (χ3v) is 5.70. The van der Waals surface area contributed by atoms with Gasteiger partial charge in [0.25, 0.3) is 5.91 Å². The second kappa shape index (κ2) is 9.76. The molecule has 1 aliphatic heterocycles. The lowest BCUT2D eigenvalue weighted by Gasteiger charge is -2.24. The van der Waals surface area contributed by atoms with Crippen molar-refractivity contribution in [1.29, 1.82) is 0 Å². The largest absolute Gasteiger partial charge is 0.340 e. The van der Waals surface area contributed by atoms with E-state index in [4.69, 9.17) is 11.6 Å². The van der Waals surface area contributed by atoms with Crippen LogP contribution in [0.15, 0.2) is 48.5 Å². The van der Waals surface area contributed by atoms with E-state index in [2.05, 4.69) is 10.6 Å². The Morgan fingerprint density at radius 1 is 1.17 bits per heavy atom. The predicted octanol–water partition coefficient (Wildman–Crippen LogP) is 4.25. The zero-order chi connectivity index (χ0) is 21.7. The first kappa shape index (κ1) is 21.8. The van der Waals surface area contributed by atoms with E-state index in [1.165, 1.54) is 0 Å². The standard InChI is InChI=1S/C23H26ClN3O3/c1-3-15(2)21(26-22(29)16-8-5-4-6-9-16)23(30)25-17-11-12-19(18(24)14-17)27-13-7-10-20(27)28/h4-6,8-9,11-12,14-15,21H,3,7,10,13H2,1-2H3,(H,25,30)(H,26,29)/t15-,21+/m1/s1. The molecule has 1 fully saturated rings. The Hall–Kier alpha value is -2.86. The minimum Gasteiger partial charge on any atom is -0.340 e. The molecule has 0 spiro atoms. The first-order chi connectivity index (χ1) is 14.4. The fourth-order valence-corrected chi connectivity index (χ4v) is 3.72. The van der Waals surface area contributed by atoms with Crippen LogP contribution in [0.2, 0.25) is 5.02 Å². The number of carbonyl (C=O) groups is 3. The quantitative estimate of drug-likeness (QED) is 0.693. The molecule has 3 rings (SSSR count). The molecule has 2 aromatic carbocycles. The summed E-state index contributed by atoms with van der Waals surface area (Å²) in [5.41, 5.74) is 1.66. The van der Waals surface area contributed by atoms with Crippen LogP contribution in [0.3, 0.4) is 0 Å². The summed E-state index contributed by atoms with van der Waals surface area (Å²) in [6.07, 6.45) is 2.06. The number of halogens is 1. The number of amides is 3. The molecule has 30 heavy (non-hydrogen) atoms. The first-order valence-electron chi connectivity index (χ1n) is 10.2. The van der Waals surface area contributed by atoms with E-state index in [1.807, 2.05) is 19.9 Å². The van der Waals surface area contributed by atoms with Gasteiger partial charge in [-0.05, 0) is 42.7 Å². The average Bonchev–Trinajstić information content (AvgIpc) is 3.17. The number of benzene rings is 2. The van der Waals surface area contributed by atoms with E-state index >= 15 is 0 Å². The molecule has 3 amide bonds. The fourth-order valence-electron chi connectivity index (χ4n) is 3.44. The van der Waals surface area contributed by atoms with Crippen molar-refractivity contribution in [3.8, 4) is 0 Å². The van der Waals surface area contributed by atoms with Crippen molar-refractivity contribution in [1.82, 2.24) is 5.32 Å². The Bertz CT molecular complexity index is 933. The van der Waals surface area contributed by atoms with Gasteiger partial charge < -0.3 is 15.5 Å². The number of anilines is 2. The fraction of sp³-hybridized carbons (Fsp3) is 0.348. The summed E-state index contributed by atoms with van der Waals surface area (Å²) in [5.74, 6) is -0.615. The highest BCUT2D eigenvalue weighted by Gasteiger charge is 2.27. The number of nitrogens with one attached hydrogen (secondary N) is 2. The van der Waals surface area contributed by atoms with Crippen LogP contribution >= 0.6 is 11.6 Å². The van der Waals surface area contributed by atoms with E-state index in [-0.39, 0.29) is 23.6 Å². The van der Waals surface area contributed by atoms with Crippen LogP contribution in [0.1, 0.15) is 43.5 Å². The van der Waals surface area contributed by atoms with Crippen molar-refractivity contribution in [2.24, 2.45) is 5.92 Å². The molecule has 1 heterocycles. The highest BCUT2D eigenvalue weighted by Crippen LogP contribution is 2.31. The Morgan fingerprint density at radius 2 is 1.90 bits per heavy atom. The van der Waals surface area contributed by atoms with E-state index in [1.54, 1.807) is 47.4 Å². The first-order valence-corrected chi connectivity index (χ1v) is 10.5. The summed E-state index contributed by atoms with van der Waals surface area (Å²) < 4.78 is 0. The second-order valence-electron chi connectivity index (χ2n) is 7.51. The average molecular weight is 428 g/mol. The van der Waals surface area contributed by atoms with Gasteiger partial charge in [0.15, 0.2) is 0 Å². The van der Waals surface area contributed by atoms with Crippen molar-refractivity contribution in [3.05, 3.63) is 59.1 Å². The zero-order valence-electron chi connectivity index (χ0n) is 17.2. The van der Waals surface area contributed by atoms with Gasteiger partial charge in [0, 0.05) is 24.2 Å². The van der Waals surface area contributed by atoms with Crippen molar-refractivity contribution in [2.75, 3.05) is 16.8 Å². The minimum atomic E-state index is -0.693. The Kier molecular flexibility index (Phi) is 7.11. The van der Waals surface area contributed by atoms with Crippen LogP contribution in [0, 0.1) is 5.92 Å². The molecule has 158 valence electrons. The van der Waals surface area contributed by atoms with E-state index < -0.39 is 6.04 Å². The minimum absolute atomic E-state index is 0.0501. The van der Waals surface area contributed by atoms with Gasteiger partial charge in [0.05, 0.1) is 10.7 Å². The van der Waals surface area contributed by atoms with Gasteiger partial charge in [-0.3, -0.25) is 14.4 Å². The lowest BCUT2D eigenvalue weighted by Crippen LogP contribution is -2.47. The molecule has 0 saturated carbocycles. The van der Waals surface area contributed by atoms with E-state index in [0.29, 0.717) is 34.9 Å². The third-order valence-electron chi connectivity index (χ3n) is 5.40. The molecule has 1 saturated heterocycles. The monoisotopic (exact) mass is 427 g/mol. The topological polar surface area (TPSA) is 78.5 Å². The van der Waals surface area contributed by atoms with Gasteiger partial charge in [0.1, 0.15) is 6.04 Å².